The molecule has 0 spiro atoms. The van der Waals surface area contributed by atoms with Crippen molar-refractivity contribution in [2.75, 3.05) is 38.0 Å². The van der Waals surface area contributed by atoms with Crippen LogP contribution in [0.1, 0.15) is 63.0 Å². The molecule has 2 unspecified atom stereocenters. The molecule has 3 heterocycles. The van der Waals surface area contributed by atoms with E-state index in [0.29, 0.717) is 29.1 Å². The van der Waals surface area contributed by atoms with Gasteiger partial charge in [0.1, 0.15) is 11.9 Å². The summed E-state index contributed by atoms with van der Waals surface area (Å²) in [4.78, 5) is 29.5. The Bertz CT molecular complexity index is 1720. The number of pyridine rings is 1. The van der Waals surface area contributed by atoms with Crippen LogP contribution in [0.5, 0.6) is 5.75 Å². The first-order valence-corrected chi connectivity index (χ1v) is 17.7. The second kappa shape index (κ2) is 16.9. The van der Waals surface area contributed by atoms with Gasteiger partial charge in [-0.3, -0.25) is 10.1 Å². The average Bonchev–Trinajstić information content (AvgIpc) is 3.57. The number of aromatic nitrogens is 1. The monoisotopic (exact) mass is 668 g/mol. The fraction of sp³-hybridized carbons (Fsp3) is 0.436. The first kappa shape index (κ1) is 34.6. The van der Waals surface area contributed by atoms with Crippen LogP contribution in [-0.2, 0) is 9.47 Å². The van der Waals surface area contributed by atoms with Crippen LogP contribution in [-0.4, -0.2) is 77.2 Å². The zero-order chi connectivity index (χ0) is 34.0. The number of likely N-dealkylation sites (tertiary alicyclic amines) is 1. The first-order chi connectivity index (χ1) is 23.9. The number of fused-ring (bicyclic) bond motifs is 1. The lowest BCUT2D eigenvalue weighted by atomic mass is 10.0. The van der Waals surface area contributed by atoms with Gasteiger partial charge in [-0.2, -0.15) is 0 Å². The van der Waals surface area contributed by atoms with E-state index in [1.807, 2.05) is 54.6 Å². The highest BCUT2D eigenvalue weighted by Crippen LogP contribution is 2.30. The Labute approximate surface area is 287 Å². The van der Waals surface area contributed by atoms with Gasteiger partial charge in [-0.05, 0) is 93.8 Å². The van der Waals surface area contributed by atoms with Crippen molar-refractivity contribution in [1.82, 2.24) is 15.2 Å². The van der Waals surface area contributed by atoms with Crippen molar-refractivity contribution >= 4 is 22.7 Å². The summed E-state index contributed by atoms with van der Waals surface area (Å²) < 4.78 is 12.2. The number of aliphatic hydroxyl groups excluding tert-OH is 1. The van der Waals surface area contributed by atoms with Crippen molar-refractivity contribution in [3.05, 3.63) is 94.8 Å². The topological polar surface area (TPSA) is 136 Å². The molecule has 2 aliphatic heterocycles. The van der Waals surface area contributed by atoms with Crippen LogP contribution >= 0.6 is 0 Å². The first-order valence-electron chi connectivity index (χ1n) is 17.7. The van der Waals surface area contributed by atoms with Gasteiger partial charge >= 0.3 is 6.09 Å². The van der Waals surface area contributed by atoms with Crippen molar-refractivity contribution in [2.45, 2.75) is 75.8 Å². The van der Waals surface area contributed by atoms with Gasteiger partial charge in [0.25, 0.3) is 0 Å². The summed E-state index contributed by atoms with van der Waals surface area (Å²) in [7, 11) is 0. The number of amides is 1. The number of rotatable bonds is 14. The lowest BCUT2D eigenvalue weighted by Crippen LogP contribution is -2.39. The van der Waals surface area contributed by atoms with Gasteiger partial charge < -0.3 is 34.9 Å². The van der Waals surface area contributed by atoms with E-state index in [-0.39, 0.29) is 23.5 Å². The molecule has 4 aromatic rings. The number of hydrogen-bond acceptors (Lipinski definition) is 8. The van der Waals surface area contributed by atoms with Crippen molar-refractivity contribution in [3.63, 3.8) is 0 Å². The van der Waals surface area contributed by atoms with E-state index in [2.05, 4.69) is 20.5 Å². The van der Waals surface area contributed by atoms with E-state index < -0.39 is 12.2 Å². The van der Waals surface area contributed by atoms with E-state index in [1.54, 1.807) is 12.1 Å². The minimum absolute atomic E-state index is 0.0122. The summed E-state index contributed by atoms with van der Waals surface area (Å²) in [5.41, 5.74) is 3.49. The number of nitrogens with zero attached hydrogens (tertiary/aromatic N) is 1. The predicted octanol–water partition coefficient (Wildman–Crippen LogP) is 6.34. The Morgan fingerprint density at radius 3 is 2.45 bits per heavy atom. The molecule has 0 saturated carbocycles. The van der Waals surface area contributed by atoms with Gasteiger partial charge in [-0.25, -0.2) is 4.79 Å². The van der Waals surface area contributed by atoms with Crippen LogP contribution in [0.15, 0.2) is 83.7 Å². The molecular formula is C39H48N4O6. The van der Waals surface area contributed by atoms with Gasteiger partial charge in [0.2, 0.25) is 5.56 Å². The van der Waals surface area contributed by atoms with Crippen molar-refractivity contribution in [2.24, 2.45) is 0 Å². The lowest BCUT2D eigenvalue weighted by Gasteiger charge is -2.31. The van der Waals surface area contributed by atoms with Crippen LogP contribution < -0.4 is 16.2 Å². The largest absolute Gasteiger partial charge is 0.506 e. The molecule has 10 nitrogen and oxygen atoms in total. The van der Waals surface area contributed by atoms with E-state index in [4.69, 9.17) is 9.47 Å². The molecule has 2 fully saturated rings. The van der Waals surface area contributed by atoms with Crippen LogP contribution in [0.25, 0.3) is 22.0 Å². The molecule has 3 aromatic carbocycles. The normalized spacial score (nSPS) is 19.2. The third kappa shape index (κ3) is 9.48. The van der Waals surface area contributed by atoms with E-state index in [9.17, 15) is 19.8 Å². The van der Waals surface area contributed by atoms with Crippen molar-refractivity contribution < 1.29 is 24.5 Å². The summed E-state index contributed by atoms with van der Waals surface area (Å²) in [6.07, 6.45) is 7.35. The molecule has 49 heavy (non-hydrogen) atoms. The van der Waals surface area contributed by atoms with E-state index in [0.717, 1.165) is 94.4 Å². The number of aromatic amines is 1. The number of piperidine rings is 1. The lowest BCUT2D eigenvalue weighted by molar-refractivity contribution is 0.0293. The molecule has 5 N–H and O–H groups in total. The van der Waals surface area contributed by atoms with Gasteiger partial charge in [-0.15, -0.1) is 0 Å². The Morgan fingerprint density at radius 1 is 0.918 bits per heavy atom. The number of nitrogens with one attached hydrogen (secondary N) is 3. The summed E-state index contributed by atoms with van der Waals surface area (Å²) >= 11 is 0. The number of benzene rings is 3. The summed E-state index contributed by atoms with van der Waals surface area (Å²) in [6.45, 7) is 4.05. The second-order valence-corrected chi connectivity index (χ2v) is 13.2. The highest BCUT2D eigenvalue weighted by atomic mass is 16.6. The minimum atomic E-state index is -0.757. The number of phenols is 1. The molecule has 6 rings (SSSR count). The second-order valence-electron chi connectivity index (χ2n) is 13.2. The molecule has 3 atom stereocenters. The van der Waals surface area contributed by atoms with E-state index >= 15 is 0 Å². The Balaban J connectivity index is 0.822. The molecule has 260 valence electrons. The maximum absolute atomic E-state index is 12.7. The molecule has 2 aliphatic rings. The molecule has 0 bridgehead atoms. The van der Waals surface area contributed by atoms with E-state index in [1.165, 1.54) is 12.1 Å². The summed E-state index contributed by atoms with van der Waals surface area (Å²) in [5.74, 6) is -0.0122. The number of ether oxygens (including phenoxy) is 2. The highest BCUT2D eigenvalue weighted by molar-refractivity contribution is 5.91. The van der Waals surface area contributed by atoms with Gasteiger partial charge in [0, 0.05) is 36.7 Å². The number of aliphatic hydroxyl groups is 1. The van der Waals surface area contributed by atoms with Crippen LogP contribution in [0.2, 0.25) is 0 Å². The third-order valence-corrected chi connectivity index (χ3v) is 9.74. The number of anilines is 1. The number of aromatic hydroxyl groups is 1. The van der Waals surface area contributed by atoms with Crippen LogP contribution in [0.3, 0.4) is 0 Å². The molecule has 0 radical (unpaired) electrons. The average molecular weight is 669 g/mol. The Morgan fingerprint density at radius 2 is 1.65 bits per heavy atom. The predicted molar refractivity (Wildman–Crippen MR) is 192 cm³/mol. The molecular weight excluding hydrogens is 620 g/mol. The SMILES string of the molecule is O=C(Nc1ccccc1-c1ccccc1)OC1CCN(CCCC2CCC(CCCNC[C@H](O)c3ccc(O)c4[nH]c(=O)ccc34)O2)CC1. The quantitative estimate of drug-likeness (QED) is 0.0982. The molecule has 2 saturated heterocycles. The van der Waals surface area contributed by atoms with Crippen LogP contribution in [0.4, 0.5) is 10.5 Å². The maximum atomic E-state index is 12.7. The fourth-order valence-corrected chi connectivity index (χ4v) is 7.10. The smallest absolute Gasteiger partial charge is 0.411 e. The zero-order valence-corrected chi connectivity index (χ0v) is 28.0. The number of hydrogen-bond donors (Lipinski definition) is 5. The Kier molecular flexibility index (Phi) is 12.0. The standard InChI is InChI=1S/C39H48N4O6/c44-35-18-16-32(33-17-19-37(46)42-38(33)35)36(45)26-40-22-6-10-28-14-15-29(48-28)11-7-23-43-24-20-30(21-25-43)49-39(47)41-34-13-5-4-12-31(34)27-8-2-1-3-9-27/h1-5,8-9,12-13,16-19,28-30,36,40,44-45H,6-7,10-11,14-15,20-26H2,(H,41,47)(H,42,46)/t28?,29?,36-/m0/s1. The van der Waals surface area contributed by atoms with Gasteiger partial charge in [0.15, 0.2) is 0 Å². The van der Waals surface area contributed by atoms with Crippen molar-refractivity contribution in [1.29, 1.82) is 0 Å². The third-order valence-electron chi connectivity index (χ3n) is 9.74. The number of carbonyl (C=O) groups excluding carboxylic acids is 1. The van der Waals surface area contributed by atoms with Crippen LogP contribution in [0, 0.1) is 0 Å². The maximum Gasteiger partial charge on any atom is 0.411 e. The number of phenolic OH excluding ortho intramolecular Hbond substituents is 1. The number of H-pyrrole nitrogens is 1. The number of carbonyl (C=O) groups is 1. The minimum Gasteiger partial charge on any atom is -0.506 e. The fourth-order valence-electron chi connectivity index (χ4n) is 7.10. The highest BCUT2D eigenvalue weighted by Gasteiger charge is 2.26. The molecule has 10 heteroatoms. The molecule has 1 amide bonds. The molecule has 0 aliphatic carbocycles. The Hall–Kier alpha value is -4.22. The summed E-state index contributed by atoms with van der Waals surface area (Å²) in [5, 5.41) is 27.8. The van der Waals surface area contributed by atoms with Gasteiger partial charge in [0.05, 0.1) is 29.5 Å². The number of para-hydroxylation sites is 1. The molecule has 1 aromatic heterocycles. The van der Waals surface area contributed by atoms with Gasteiger partial charge in [-0.1, -0.05) is 54.6 Å². The van der Waals surface area contributed by atoms with Crippen molar-refractivity contribution in [3.8, 4) is 16.9 Å². The zero-order valence-electron chi connectivity index (χ0n) is 28.0. The summed E-state index contributed by atoms with van der Waals surface area (Å²) in [6, 6.07) is 24.0.